The number of rotatable bonds is 5. The van der Waals surface area contributed by atoms with Gasteiger partial charge in [0.2, 0.25) is 0 Å². The molecule has 3 heteroatoms. The van der Waals surface area contributed by atoms with E-state index in [0.717, 1.165) is 29.2 Å². The van der Waals surface area contributed by atoms with Crippen molar-refractivity contribution in [3.8, 4) is 5.75 Å². The summed E-state index contributed by atoms with van der Waals surface area (Å²) in [7, 11) is 1.68. The Bertz CT molecular complexity index is 552. The van der Waals surface area contributed by atoms with Gasteiger partial charge >= 0.3 is 0 Å². The number of benzene rings is 1. The van der Waals surface area contributed by atoms with Crippen molar-refractivity contribution in [1.29, 1.82) is 0 Å². The third-order valence-electron chi connectivity index (χ3n) is 3.02. The van der Waals surface area contributed by atoms with Gasteiger partial charge in [0.25, 0.3) is 0 Å². The molecule has 1 N–H and O–H groups in total. The minimum Gasteiger partial charge on any atom is -0.497 e. The molecule has 3 nitrogen and oxygen atoms in total. The Morgan fingerprint density at radius 3 is 2.79 bits per heavy atom. The van der Waals surface area contributed by atoms with Gasteiger partial charge in [-0.15, -0.1) is 0 Å². The summed E-state index contributed by atoms with van der Waals surface area (Å²) in [5.41, 5.74) is 4.42. The first-order valence-corrected chi connectivity index (χ1v) is 6.55. The molecule has 0 atom stereocenters. The highest BCUT2D eigenvalue weighted by molar-refractivity contribution is 5.46. The number of nitrogens with zero attached hydrogens (tertiary/aromatic N) is 1. The Labute approximate surface area is 114 Å². The van der Waals surface area contributed by atoms with E-state index in [-0.39, 0.29) is 0 Å². The van der Waals surface area contributed by atoms with Gasteiger partial charge in [-0.3, -0.25) is 4.98 Å². The van der Waals surface area contributed by atoms with Crippen molar-refractivity contribution >= 4 is 5.69 Å². The van der Waals surface area contributed by atoms with Crippen molar-refractivity contribution in [2.45, 2.75) is 26.8 Å². The molecule has 1 heterocycles. The fraction of sp³-hybridized carbons (Fsp3) is 0.312. The van der Waals surface area contributed by atoms with E-state index in [2.05, 4.69) is 41.5 Å². The van der Waals surface area contributed by atoms with Crippen molar-refractivity contribution in [3.63, 3.8) is 0 Å². The van der Waals surface area contributed by atoms with E-state index in [1.165, 1.54) is 5.56 Å². The van der Waals surface area contributed by atoms with Crippen LogP contribution in [0.15, 0.2) is 36.4 Å². The second kappa shape index (κ2) is 6.23. The van der Waals surface area contributed by atoms with Crippen LogP contribution in [-0.4, -0.2) is 12.1 Å². The quantitative estimate of drug-likeness (QED) is 0.888. The van der Waals surface area contributed by atoms with E-state index < -0.39 is 0 Å². The average Bonchev–Trinajstić information content (AvgIpc) is 2.44. The molecule has 0 fully saturated rings. The molecular formula is C16H20N2O. The number of ether oxygens (including phenoxy) is 1. The molecule has 19 heavy (non-hydrogen) atoms. The molecule has 0 saturated heterocycles. The minimum absolute atomic E-state index is 0.700. The molecule has 0 radical (unpaired) electrons. The maximum Gasteiger partial charge on any atom is 0.122 e. The van der Waals surface area contributed by atoms with Gasteiger partial charge < -0.3 is 10.1 Å². The number of methoxy groups -OCH3 is 1. The van der Waals surface area contributed by atoms with Crippen LogP contribution in [0.2, 0.25) is 0 Å². The lowest BCUT2D eigenvalue weighted by Crippen LogP contribution is -2.03. The number of hydrogen-bond donors (Lipinski definition) is 1. The van der Waals surface area contributed by atoms with Gasteiger partial charge in [-0.25, -0.2) is 0 Å². The smallest absolute Gasteiger partial charge is 0.122 e. The number of aryl methyl sites for hydroxylation is 2. The highest BCUT2D eigenvalue weighted by atomic mass is 16.5. The van der Waals surface area contributed by atoms with E-state index in [1.54, 1.807) is 7.11 Å². The van der Waals surface area contributed by atoms with Crippen LogP contribution in [0, 0.1) is 6.92 Å². The van der Waals surface area contributed by atoms with E-state index in [0.29, 0.717) is 6.54 Å². The summed E-state index contributed by atoms with van der Waals surface area (Å²) in [6.45, 7) is 4.83. The monoisotopic (exact) mass is 256 g/mol. The maximum absolute atomic E-state index is 5.26. The predicted octanol–water partition coefficient (Wildman–Crippen LogP) is 3.57. The molecule has 0 saturated carbocycles. The Balaban J connectivity index is 2.07. The highest BCUT2D eigenvalue weighted by Crippen LogP contribution is 2.16. The molecular weight excluding hydrogens is 236 g/mol. The second-order valence-electron chi connectivity index (χ2n) is 4.55. The topological polar surface area (TPSA) is 34.1 Å². The summed E-state index contributed by atoms with van der Waals surface area (Å²) < 4.78 is 5.26. The highest BCUT2D eigenvalue weighted by Gasteiger charge is 2.01. The molecule has 2 rings (SSSR count). The number of pyridine rings is 1. The van der Waals surface area contributed by atoms with Crippen molar-refractivity contribution in [1.82, 2.24) is 4.98 Å². The van der Waals surface area contributed by atoms with Gasteiger partial charge in [-0.1, -0.05) is 19.1 Å². The summed E-state index contributed by atoms with van der Waals surface area (Å²) in [4.78, 5) is 4.50. The number of aromatic nitrogens is 1. The zero-order valence-electron chi connectivity index (χ0n) is 11.7. The molecule has 2 aromatic rings. The van der Waals surface area contributed by atoms with Crippen molar-refractivity contribution < 1.29 is 4.74 Å². The summed E-state index contributed by atoms with van der Waals surface area (Å²) >= 11 is 0. The Morgan fingerprint density at radius 1 is 1.21 bits per heavy atom. The van der Waals surface area contributed by atoms with Crippen LogP contribution in [0.5, 0.6) is 5.75 Å². The predicted molar refractivity (Wildman–Crippen MR) is 78.7 cm³/mol. The second-order valence-corrected chi connectivity index (χ2v) is 4.55. The van der Waals surface area contributed by atoms with Crippen LogP contribution < -0.4 is 10.1 Å². The van der Waals surface area contributed by atoms with Crippen molar-refractivity contribution in [2.24, 2.45) is 0 Å². The van der Waals surface area contributed by atoms with Crippen LogP contribution in [-0.2, 0) is 13.0 Å². The first kappa shape index (κ1) is 13.4. The number of anilines is 1. The lowest BCUT2D eigenvalue weighted by atomic mass is 10.1. The SMILES string of the molecule is CCc1cccc(NCc2cc(OC)cc(C)n2)c1. The first-order chi connectivity index (χ1) is 9.21. The normalized spacial score (nSPS) is 10.3. The maximum atomic E-state index is 5.26. The first-order valence-electron chi connectivity index (χ1n) is 6.55. The Kier molecular flexibility index (Phi) is 4.39. The lowest BCUT2D eigenvalue weighted by Gasteiger charge is -2.09. The van der Waals surface area contributed by atoms with Gasteiger partial charge in [0.1, 0.15) is 5.75 Å². The minimum atomic E-state index is 0.700. The molecule has 1 aromatic heterocycles. The number of hydrogen-bond acceptors (Lipinski definition) is 3. The molecule has 0 amide bonds. The fourth-order valence-electron chi connectivity index (χ4n) is 2.01. The number of nitrogens with one attached hydrogen (secondary N) is 1. The van der Waals surface area contributed by atoms with Gasteiger partial charge in [-0.2, -0.15) is 0 Å². The summed E-state index contributed by atoms with van der Waals surface area (Å²) in [5, 5.41) is 3.40. The molecule has 0 aliphatic carbocycles. The Morgan fingerprint density at radius 2 is 2.05 bits per heavy atom. The van der Waals surface area contributed by atoms with Crippen LogP contribution in [0.4, 0.5) is 5.69 Å². The molecule has 0 spiro atoms. The third kappa shape index (κ3) is 3.71. The molecule has 0 bridgehead atoms. The molecule has 1 aromatic carbocycles. The van der Waals surface area contributed by atoms with E-state index in [4.69, 9.17) is 4.74 Å². The lowest BCUT2D eigenvalue weighted by molar-refractivity contribution is 0.413. The van der Waals surface area contributed by atoms with Crippen molar-refractivity contribution in [2.75, 3.05) is 12.4 Å². The zero-order chi connectivity index (χ0) is 13.7. The zero-order valence-corrected chi connectivity index (χ0v) is 11.7. The van der Waals surface area contributed by atoms with E-state index in [1.807, 2.05) is 19.1 Å². The van der Waals surface area contributed by atoms with Crippen LogP contribution in [0.1, 0.15) is 23.9 Å². The van der Waals surface area contributed by atoms with Gasteiger partial charge in [0, 0.05) is 23.5 Å². The van der Waals surface area contributed by atoms with Crippen LogP contribution in [0.25, 0.3) is 0 Å². The molecule has 0 unspecified atom stereocenters. The third-order valence-corrected chi connectivity index (χ3v) is 3.02. The molecule has 0 aliphatic heterocycles. The van der Waals surface area contributed by atoms with Crippen molar-refractivity contribution in [3.05, 3.63) is 53.3 Å². The van der Waals surface area contributed by atoms with Gasteiger partial charge in [0.05, 0.1) is 19.3 Å². The standard InChI is InChI=1S/C16H20N2O/c1-4-13-6-5-7-14(9-13)17-11-15-10-16(19-3)8-12(2)18-15/h5-10,17H,4,11H2,1-3H3. The summed E-state index contributed by atoms with van der Waals surface area (Å²) in [6, 6.07) is 12.4. The summed E-state index contributed by atoms with van der Waals surface area (Å²) in [5.74, 6) is 0.853. The van der Waals surface area contributed by atoms with Crippen LogP contribution >= 0.6 is 0 Å². The van der Waals surface area contributed by atoms with Gasteiger partial charge in [-0.05, 0) is 31.0 Å². The van der Waals surface area contributed by atoms with E-state index >= 15 is 0 Å². The average molecular weight is 256 g/mol. The van der Waals surface area contributed by atoms with Gasteiger partial charge in [0.15, 0.2) is 0 Å². The van der Waals surface area contributed by atoms with Crippen LogP contribution in [0.3, 0.4) is 0 Å². The molecule has 0 aliphatic rings. The summed E-state index contributed by atoms with van der Waals surface area (Å²) in [6.07, 6.45) is 1.05. The molecule has 100 valence electrons. The Hall–Kier alpha value is -2.03. The van der Waals surface area contributed by atoms with E-state index in [9.17, 15) is 0 Å². The largest absolute Gasteiger partial charge is 0.497 e. The fourth-order valence-corrected chi connectivity index (χ4v) is 2.01.